The van der Waals surface area contributed by atoms with Crippen LogP contribution in [0.2, 0.25) is 0 Å². The molecule has 0 saturated carbocycles. The van der Waals surface area contributed by atoms with Gasteiger partial charge in [0.1, 0.15) is 5.82 Å². The van der Waals surface area contributed by atoms with Crippen molar-refractivity contribution >= 4 is 0 Å². The molecule has 0 fully saturated rings. The number of hydrogen-bond acceptors (Lipinski definition) is 5. The molecule has 18 heavy (non-hydrogen) atoms. The highest BCUT2D eigenvalue weighted by molar-refractivity contribution is 5.66. The van der Waals surface area contributed by atoms with Crippen LogP contribution in [0.1, 0.15) is 5.82 Å². The second-order valence-corrected chi connectivity index (χ2v) is 3.66. The smallest absolute Gasteiger partial charge is 0.203 e. The first-order valence-electron chi connectivity index (χ1n) is 5.39. The Morgan fingerprint density at radius 3 is 2.00 bits per heavy atom. The number of nitrogens with zero attached hydrogens (tertiary/aromatic N) is 2. The topological polar surface area (TPSA) is 69.3 Å². The number of hydrogen-bond donors (Lipinski definition) is 1. The molecule has 2 rings (SSSR count). The van der Waals surface area contributed by atoms with Crippen molar-refractivity contribution in [1.29, 1.82) is 0 Å². The Labute approximate surface area is 105 Å². The number of methoxy groups -OCH3 is 3. The molecule has 96 valence electrons. The largest absolute Gasteiger partial charge is 0.493 e. The molecule has 0 spiro atoms. The van der Waals surface area contributed by atoms with Crippen LogP contribution in [0.4, 0.5) is 0 Å². The molecule has 1 heterocycles. The average molecular weight is 249 g/mol. The van der Waals surface area contributed by atoms with Crippen molar-refractivity contribution in [1.82, 2.24) is 15.2 Å². The fourth-order valence-corrected chi connectivity index (χ4v) is 1.68. The normalized spacial score (nSPS) is 10.2. The summed E-state index contributed by atoms with van der Waals surface area (Å²) in [7, 11) is 4.71. The molecule has 1 aromatic heterocycles. The maximum absolute atomic E-state index is 5.28. The lowest BCUT2D eigenvalue weighted by Crippen LogP contribution is -1.96. The lowest BCUT2D eigenvalue weighted by molar-refractivity contribution is 0.324. The molecule has 2 aromatic rings. The summed E-state index contributed by atoms with van der Waals surface area (Å²) in [6, 6.07) is 3.62. The predicted octanol–water partition coefficient (Wildman–Crippen LogP) is 1.81. The third kappa shape index (κ3) is 2.09. The molecule has 6 nitrogen and oxygen atoms in total. The number of benzene rings is 1. The second kappa shape index (κ2) is 4.95. The van der Waals surface area contributed by atoms with Gasteiger partial charge >= 0.3 is 0 Å². The van der Waals surface area contributed by atoms with Gasteiger partial charge in [0, 0.05) is 5.56 Å². The third-order valence-corrected chi connectivity index (χ3v) is 2.52. The molecule has 0 amide bonds. The van der Waals surface area contributed by atoms with Gasteiger partial charge < -0.3 is 14.2 Å². The number of ether oxygens (including phenoxy) is 3. The number of H-pyrrole nitrogens is 1. The molecule has 1 aromatic carbocycles. The zero-order valence-electron chi connectivity index (χ0n) is 10.8. The molecular weight excluding hydrogens is 234 g/mol. The highest BCUT2D eigenvalue weighted by Crippen LogP contribution is 2.40. The van der Waals surface area contributed by atoms with Crippen LogP contribution >= 0.6 is 0 Å². The maximum Gasteiger partial charge on any atom is 0.203 e. The predicted molar refractivity (Wildman–Crippen MR) is 66.2 cm³/mol. The fraction of sp³-hybridized carbons (Fsp3) is 0.333. The van der Waals surface area contributed by atoms with Crippen LogP contribution in [0.15, 0.2) is 12.1 Å². The number of aryl methyl sites for hydroxylation is 1. The first kappa shape index (κ1) is 12.2. The van der Waals surface area contributed by atoms with E-state index in [0.29, 0.717) is 23.1 Å². The summed E-state index contributed by atoms with van der Waals surface area (Å²) in [4.78, 5) is 4.27. The van der Waals surface area contributed by atoms with Gasteiger partial charge in [-0.05, 0) is 19.1 Å². The summed E-state index contributed by atoms with van der Waals surface area (Å²) in [6.07, 6.45) is 0. The van der Waals surface area contributed by atoms with E-state index in [-0.39, 0.29) is 0 Å². The maximum atomic E-state index is 5.28. The van der Waals surface area contributed by atoms with E-state index in [0.717, 1.165) is 11.4 Å². The van der Waals surface area contributed by atoms with Gasteiger partial charge in [0.15, 0.2) is 17.3 Å². The molecular formula is C12H15N3O3. The van der Waals surface area contributed by atoms with Gasteiger partial charge in [-0.1, -0.05) is 0 Å². The molecule has 1 N–H and O–H groups in total. The van der Waals surface area contributed by atoms with Crippen LogP contribution in [-0.4, -0.2) is 36.5 Å². The molecule has 0 aliphatic carbocycles. The lowest BCUT2D eigenvalue weighted by atomic mass is 10.1. The van der Waals surface area contributed by atoms with Crippen molar-refractivity contribution in [3.8, 4) is 28.6 Å². The van der Waals surface area contributed by atoms with Crippen molar-refractivity contribution in [2.24, 2.45) is 0 Å². The van der Waals surface area contributed by atoms with Gasteiger partial charge in [0.2, 0.25) is 5.75 Å². The molecule has 6 heteroatoms. The van der Waals surface area contributed by atoms with Crippen LogP contribution in [0, 0.1) is 6.92 Å². The summed E-state index contributed by atoms with van der Waals surface area (Å²) in [5.74, 6) is 3.05. The van der Waals surface area contributed by atoms with E-state index in [1.807, 2.05) is 19.1 Å². The van der Waals surface area contributed by atoms with E-state index in [2.05, 4.69) is 15.2 Å². The van der Waals surface area contributed by atoms with E-state index >= 15 is 0 Å². The van der Waals surface area contributed by atoms with Crippen LogP contribution in [0.25, 0.3) is 11.4 Å². The fourth-order valence-electron chi connectivity index (χ4n) is 1.68. The summed E-state index contributed by atoms with van der Waals surface area (Å²) < 4.78 is 15.8. The second-order valence-electron chi connectivity index (χ2n) is 3.66. The van der Waals surface area contributed by atoms with Crippen molar-refractivity contribution < 1.29 is 14.2 Å². The Bertz CT molecular complexity index is 526. The summed E-state index contributed by atoms with van der Waals surface area (Å²) in [5, 5.41) is 6.90. The molecule has 0 aliphatic rings. The number of rotatable bonds is 4. The van der Waals surface area contributed by atoms with Crippen molar-refractivity contribution in [3.05, 3.63) is 18.0 Å². The minimum Gasteiger partial charge on any atom is -0.493 e. The first-order chi connectivity index (χ1) is 8.69. The zero-order chi connectivity index (χ0) is 13.1. The van der Waals surface area contributed by atoms with Gasteiger partial charge in [-0.15, -0.1) is 0 Å². The van der Waals surface area contributed by atoms with Crippen LogP contribution in [0.5, 0.6) is 17.2 Å². The lowest BCUT2D eigenvalue weighted by Gasteiger charge is -2.12. The third-order valence-electron chi connectivity index (χ3n) is 2.52. The van der Waals surface area contributed by atoms with Crippen LogP contribution < -0.4 is 14.2 Å². The van der Waals surface area contributed by atoms with Gasteiger partial charge in [0.25, 0.3) is 0 Å². The van der Waals surface area contributed by atoms with Gasteiger partial charge in [0.05, 0.1) is 21.3 Å². The monoisotopic (exact) mass is 249 g/mol. The molecule has 0 atom stereocenters. The van der Waals surface area contributed by atoms with E-state index in [4.69, 9.17) is 14.2 Å². The van der Waals surface area contributed by atoms with Crippen molar-refractivity contribution in [3.63, 3.8) is 0 Å². The van der Waals surface area contributed by atoms with Crippen LogP contribution in [-0.2, 0) is 0 Å². The molecule has 0 unspecified atom stereocenters. The van der Waals surface area contributed by atoms with E-state index in [1.165, 1.54) is 0 Å². The Morgan fingerprint density at radius 1 is 1.00 bits per heavy atom. The van der Waals surface area contributed by atoms with Crippen molar-refractivity contribution in [2.45, 2.75) is 6.92 Å². The van der Waals surface area contributed by atoms with E-state index in [1.54, 1.807) is 21.3 Å². The quantitative estimate of drug-likeness (QED) is 0.894. The minimum atomic E-state index is 0.552. The van der Waals surface area contributed by atoms with E-state index < -0.39 is 0 Å². The highest BCUT2D eigenvalue weighted by Gasteiger charge is 2.15. The Hall–Kier alpha value is -2.24. The average Bonchev–Trinajstić information content (AvgIpc) is 2.83. The zero-order valence-corrected chi connectivity index (χ0v) is 10.8. The summed E-state index contributed by atoms with van der Waals surface area (Å²) in [6.45, 7) is 1.84. The summed E-state index contributed by atoms with van der Waals surface area (Å²) in [5.41, 5.74) is 0.800. The van der Waals surface area contributed by atoms with E-state index in [9.17, 15) is 0 Å². The first-order valence-corrected chi connectivity index (χ1v) is 5.39. The Balaban J connectivity index is 2.56. The minimum absolute atomic E-state index is 0.552. The van der Waals surface area contributed by atoms with Gasteiger partial charge in [-0.3, -0.25) is 5.10 Å². The SMILES string of the molecule is COc1cc(-c2n[nH]c(C)n2)cc(OC)c1OC. The highest BCUT2D eigenvalue weighted by atomic mass is 16.5. The molecule has 0 bridgehead atoms. The number of aromatic amines is 1. The number of aromatic nitrogens is 3. The van der Waals surface area contributed by atoms with Crippen molar-refractivity contribution in [2.75, 3.05) is 21.3 Å². The Kier molecular flexibility index (Phi) is 3.36. The van der Waals surface area contributed by atoms with Gasteiger partial charge in [-0.2, -0.15) is 5.10 Å². The number of nitrogens with one attached hydrogen (secondary N) is 1. The molecule has 0 saturated heterocycles. The van der Waals surface area contributed by atoms with Crippen LogP contribution in [0.3, 0.4) is 0 Å². The Morgan fingerprint density at radius 2 is 1.61 bits per heavy atom. The van der Waals surface area contributed by atoms with Gasteiger partial charge in [-0.25, -0.2) is 4.98 Å². The molecule has 0 aliphatic heterocycles. The summed E-state index contributed by atoms with van der Waals surface area (Å²) >= 11 is 0. The standard InChI is InChI=1S/C12H15N3O3/c1-7-13-12(15-14-7)8-5-9(16-2)11(18-4)10(6-8)17-3/h5-6H,1-4H3,(H,13,14,15). The molecule has 0 radical (unpaired) electrons.